The molecule has 0 aliphatic carbocycles. The van der Waals surface area contributed by atoms with Crippen LogP contribution < -0.4 is 0 Å². The first kappa shape index (κ1) is 25.7. The Balaban J connectivity index is 1.77. The zero-order chi connectivity index (χ0) is 25.6. The SMILES string of the molecule is CC(C)(C)OC(=O)N1C[C@H](SC(c2ccccc2)(c2ccccc2)c2ccccc2)C[C@H]1CN=[N+]=[N-]. The summed E-state index contributed by atoms with van der Waals surface area (Å²) in [6, 6.07) is 31.3. The second-order valence-corrected chi connectivity index (χ2v) is 11.5. The lowest BCUT2D eigenvalue weighted by molar-refractivity contribution is 0.0233. The number of thioether (sulfide) groups is 1. The summed E-state index contributed by atoms with van der Waals surface area (Å²) in [4.78, 5) is 17.8. The Morgan fingerprint density at radius 2 is 1.42 bits per heavy atom. The number of rotatable bonds is 7. The van der Waals surface area contributed by atoms with Gasteiger partial charge in [-0.1, -0.05) is 96.1 Å². The molecule has 186 valence electrons. The van der Waals surface area contributed by atoms with Crippen molar-refractivity contribution in [1.82, 2.24) is 4.90 Å². The Hall–Kier alpha value is -3.41. The van der Waals surface area contributed by atoms with E-state index in [4.69, 9.17) is 10.3 Å². The quantitative estimate of drug-likeness (QED) is 0.147. The first-order chi connectivity index (χ1) is 17.3. The van der Waals surface area contributed by atoms with E-state index in [1.807, 2.05) is 50.7 Å². The summed E-state index contributed by atoms with van der Waals surface area (Å²) in [5, 5.41) is 3.90. The Morgan fingerprint density at radius 1 is 0.944 bits per heavy atom. The van der Waals surface area contributed by atoms with Crippen molar-refractivity contribution in [2.75, 3.05) is 13.1 Å². The Kier molecular flexibility index (Phi) is 7.92. The molecule has 1 saturated heterocycles. The van der Waals surface area contributed by atoms with E-state index in [-0.39, 0.29) is 23.9 Å². The highest BCUT2D eigenvalue weighted by Crippen LogP contribution is 2.52. The van der Waals surface area contributed by atoms with Crippen LogP contribution in [0.3, 0.4) is 0 Å². The zero-order valence-electron chi connectivity index (χ0n) is 20.9. The fourth-order valence-electron chi connectivity index (χ4n) is 4.78. The van der Waals surface area contributed by atoms with Crippen LogP contribution in [0.25, 0.3) is 10.4 Å². The summed E-state index contributed by atoms with van der Waals surface area (Å²) < 4.78 is 5.22. The fraction of sp³-hybridized carbons (Fsp3) is 0.345. The van der Waals surface area contributed by atoms with Crippen LogP contribution in [0.5, 0.6) is 0 Å². The van der Waals surface area contributed by atoms with Crippen LogP contribution in [0.15, 0.2) is 96.1 Å². The van der Waals surface area contributed by atoms with Crippen molar-refractivity contribution in [3.63, 3.8) is 0 Å². The molecule has 1 fully saturated rings. The van der Waals surface area contributed by atoms with Crippen molar-refractivity contribution < 1.29 is 9.53 Å². The molecule has 0 aromatic heterocycles. The van der Waals surface area contributed by atoms with Crippen molar-refractivity contribution >= 4 is 17.9 Å². The lowest BCUT2D eigenvalue weighted by Crippen LogP contribution is -2.41. The van der Waals surface area contributed by atoms with E-state index in [0.29, 0.717) is 13.0 Å². The fourth-order valence-corrected chi connectivity index (χ4v) is 6.65. The zero-order valence-corrected chi connectivity index (χ0v) is 21.8. The van der Waals surface area contributed by atoms with E-state index in [2.05, 4.69) is 82.8 Å². The van der Waals surface area contributed by atoms with Crippen molar-refractivity contribution in [3.05, 3.63) is 118 Å². The van der Waals surface area contributed by atoms with Gasteiger partial charge in [-0.25, -0.2) is 4.79 Å². The lowest BCUT2D eigenvalue weighted by atomic mass is 9.84. The van der Waals surface area contributed by atoms with Gasteiger partial charge in [-0.2, -0.15) is 0 Å². The molecule has 1 aliphatic rings. The molecule has 2 atom stereocenters. The van der Waals surface area contributed by atoms with Crippen LogP contribution in [0, 0.1) is 0 Å². The van der Waals surface area contributed by atoms with Crippen LogP contribution in [0.1, 0.15) is 43.9 Å². The Morgan fingerprint density at radius 3 is 1.83 bits per heavy atom. The summed E-state index contributed by atoms with van der Waals surface area (Å²) in [5.41, 5.74) is 11.9. The number of ether oxygens (including phenoxy) is 1. The van der Waals surface area contributed by atoms with Gasteiger partial charge >= 0.3 is 6.09 Å². The van der Waals surface area contributed by atoms with Gasteiger partial charge in [0.15, 0.2) is 0 Å². The average Bonchev–Trinajstić information content (AvgIpc) is 3.29. The monoisotopic (exact) mass is 500 g/mol. The number of hydrogen-bond acceptors (Lipinski definition) is 4. The molecule has 3 aromatic rings. The number of carbonyl (C=O) groups excluding carboxylic acids is 1. The number of hydrogen-bond donors (Lipinski definition) is 0. The van der Waals surface area contributed by atoms with Crippen molar-refractivity contribution in [2.24, 2.45) is 5.11 Å². The minimum absolute atomic E-state index is 0.0945. The summed E-state index contributed by atoms with van der Waals surface area (Å²) in [7, 11) is 0. The minimum atomic E-state index is -0.604. The molecular formula is C29H32N4O2S. The molecule has 1 aliphatic heterocycles. The molecule has 36 heavy (non-hydrogen) atoms. The predicted octanol–water partition coefficient (Wildman–Crippen LogP) is 7.40. The first-order valence-electron chi connectivity index (χ1n) is 12.2. The molecule has 0 unspecified atom stereocenters. The maximum Gasteiger partial charge on any atom is 0.410 e. The van der Waals surface area contributed by atoms with Crippen molar-refractivity contribution in [2.45, 2.75) is 48.8 Å². The number of likely N-dealkylation sites (tertiary alicyclic amines) is 1. The van der Waals surface area contributed by atoms with E-state index in [1.54, 1.807) is 4.90 Å². The van der Waals surface area contributed by atoms with Crippen molar-refractivity contribution in [1.29, 1.82) is 0 Å². The number of nitrogens with zero attached hydrogens (tertiary/aromatic N) is 4. The molecule has 1 amide bonds. The van der Waals surface area contributed by atoms with Crippen LogP contribution in [0.4, 0.5) is 4.79 Å². The highest BCUT2D eigenvalue weighted by atomic mass is 32.2. The normalized spacial score (nSPS) is 17.9. The second kappa shape index (κ2) is 11.1. The van der Waals surface area contributed by atoms with Crippen molar-refractivity contribution in [3.8, 4) is 0 Å². The van der Waals surface area contributed by atoms with Gasteiger partial charge in [-0.15, -0.1) is 11.8 Å². The Bertz CT molecular complexity index is 1100. The topological polar surface area (TPSA) is 78.3 Å². The molecule has 0 spiro atoms. The maximum absolute atomic E-state index is 13.1. The maximum atomic E-state index is 13.1. The molecule has 0 saturated carbocycles. The average molecular weight is 501 g/mol. The largest absolute Gasteiger partial charge is 0.444 e. The van der Waals surface area contributed by atoms with Crippen LogP contribution in [-0.4, -0.2) is 41.0 Å². The minimum Gasteiger partial charge on any atom is -0.444 e. The summed E-state index contributed by atoms with van der Waals surface area (Å²) in [5.74, 6) is 0. The van der Waals surface area contributed by atoms with Gasteiger partial charge in [0.25, 0.3) is 0 Å². The molecule has 0 radical (unpaired) electrons. The van der Waals surface area contributed by atoms with Gasteiger partial charge in [0.1, 0.15) is 5.60 Å². The summed E-state index contributed by atoms with van der Waals surface area (Å²) in [6.07, 6.45) is 0.338. The molecule has 1 heterocycles. The number of benzene rings is 3. The lowest BCUT2D eigenvalue weighted by Gasteiger charge is -2.37. The van der Waals surface area contributed by atoms with E-state index in [1.165, 1.54) is 16.7 Å². The second-order valence-electron chi connectivity index (χ2n) is 9.95. The van der Waals surface area contributed by atoms with Gasteiger partial charge in [-0.3, -0.25) is 0 Å². The molecule has 7 heteroatoms. The van der Waals surface area contributed by atoms with Crippen LogP contribution in [0.2, 0.25) is 0 Å². The Labute approximate surface area is 217 Å². The molecule has 0 bridgehead atoms. The third-order valence-electron chi connectivity index (χ3n) is 6.24. The number of amides is 1. The predicted molar refractivity (Wildman–Crippen MR) is 146 cm³/mol. The van der Waals surface area contributed by atoms with Gasteiger partial charge in [0.05, 0.1) is 4.75 Å². The third kappa shape index (κ3) is 5.69. The molecular weight excluding hydrogens is 468 g/mol. The van der Waals surface area contributed by atoms with Crippen LogP contribution in [-0.2, 0) is 9.48 Å². The van der Waals surface area contributed by atoms with Gasteiger partial charge in [0, 0.05) is 29.3 Å². The molecule has 3 aromatic carbocycles. The van der Waals surface area contributed by atoms with Gasteiger partial charge < -0.3 is 9.64 Å². The summed E-state index contributed by atoms with van der Waals surface area (Å²) >= 11 is 1.85. The van der Waals surface area contributed by atoms with E-state index in [0.717, 1.165) is 0 Å². The molecule has 4 rings (SSSR count). The molecule has 6 nitrogen and oxygen atoms in total. The van der Waals surface area contributed by atoms with E-state index >= 15 is 0 Å². The smallest absolute Gasteiger partial charge is 0.410 e. The van der Waals surface area contributed by atoms with Crippen LogP contribution >= 0.6 is 11.8 Å². The highest BCUT2D eigenvalue weighted by Gasteiger charge is 2.44. The number of azide groups is 1. The first-order valence-corrected chi connectivity index (χ1v) is 13.1. The standard InChI is InChI=1S/C29H32N4O2S/c1-28(2,3)35-27(34)33-21-26(19-25(33)20-31-32-30)36-29(22-13-7-4-8-14-22,23-15-9-5-10-16-23)24-17-11-6-12-18-24/h4-18,25-26H,19-21H2,1-3H3/t25-,26+/m0/s1. The van der Waals surface area contributed by atoms with Gasteiger partial charge in [-0.05, 0) is 49.4 Å². The summed E-state index contributed by atoms with van der Waals surface area (Å²) in [6.45, 7) is 6.32. The van der Waals surface area contributed by atoms with Gasteiger partial charge in [0.2, 0.25) is 0 Å². The number of carbonyl (C=O) groups is 1. The van der Waals surface area contributed by atoms with E-state index < -0.39 is 10.3 Å². The molecule has 0 N–H and O–H groups in total. The third-order valence-corrected chi connectivity index (χ3v) is 7.98. The highest BCUT2D eigenvalue weighted by molar-refractivity contribution is 8.01. The van der Waals surface area contributed by atoms with E-state index in [9.17, 15) is 4.79 Å².